The highest BCUT2D eigenvalue weighted by atomic mass is 19.1. The molecule has 1 N–H and O–H groups in total. The molecule has 0 bridgehead atoms. The fourth-order valence-corrected chi connectivity index (χ4v) is 6.88. The Morgan fingerprint density at radius 2 is 1.85 bits per heavy atom. The van der Waals surface area contributed by atoms with Gasteiger partial charge in [-0.3, -0.25) is 9.88 Å². The molecule has 6 heterocycles. The van der Waals surface area contributed by atoms with E-state index in [2.05, 4.69) is 4.98 Å². The van der Waals surface area contributed by atoms with E-state index in [0.717, 1.165) is 65.2 Å². The standard InChI is InChI=1S/C36H36FN5O6/c37-26-14-25(17-38-19-26)32-27-15-24-18-39-42(31-8-4-5-11-46-31)29(24)16-28(27)34(40-33(32)23-9-12-45-13-10-23)48-30-20-41(35(30)43)36(44)47-21-22-6-2-1-3-7-22/h1-3,6-7,14-19,23,30-31,35,43H,4-5,8-13,20-21H2. The van der Waals surface area contributed by atoms with E-state index >= 15 is 0 Å². The number of pyridine rings is 2. The number of benzene rings is 2. The SMILES string of the molecule is O=C(OCc1ccccc1)N1CC(Oc2nc(C3CCOCC3)c(-c3cncc(F)c3)c3cc4cnn(C5CCCCO5)c4cc23)C1O. The molecule has 3 saturated heterocycles. The number of carbonyl (C=O) groups excluding carboxylic acids is 1. The molecular formula is C36H36FN5O6. The molecule has 2 aromatic carbocycles. The Balaban J connectivity index is 1.19. The van der Waals surface area contributed by atoms with Crippen LogP contribution in [0.4, 0.5) is 9.18 Å². The molecule has 11 nitrogen and oxygen atoms in total. The van der Waals surface area contributed by atoms with E-state index in [0.29, 0.717) is 36.7 Å². The van der Waals surface area contributed by atoms with Crippen molar-refractivity contribution in [3.63, 3.8) is 0 Å². The number of amides is 1. The summed E-state index contributed by atoms with van der Waals surface area (Å²) in [7, 11) is 0. The number of aromatic nitrogens is 4. The zero-order chi connectivity index (χ0) is 32.6. The van der Waals surface area contributed by atoms with Crippen LogP contribution in [0.25, 0.3) is 32.8 Å². The van der Waals surface area contributed by atoms with E-state index in [-0.39, 0.29) is 25.3 Å². The first-order chi connectivity index (χ1) is 23.5. The normalized spacial score (nSPS) is 21.7. The zero-order valence-corrected chi connectivity index (χ0v) is 26.3. The zero-order valence-electron chi connectivity index (χ0n) is 26.3. The van der Waals surface area contributed by atoms with Crippen LogP contribution >= 0.6 is 0 Å². The lowest BCUT2D eigenvalue weighted by Gasteiger charge is -2.43. The highest BCUT2D eigenvalue weighted by molar-refractivity contribution is 6.06. The number of nitrogens with zero attached hydrogens (tertiary/aromatic N) is 5. The lowest BCUT2D eigenvalue weighted by molar-refractivity contribution is -0.145. The Morgan fingerprint density at radius 1 is 1.00 bits per heavy atom. The van der Waals surface area contributed by atoms with Gasteiger partial charge in [-0.05, 0) is 61.3 Å². The number of rotatable bonds is 7. The molecule has 0 radical (unpaired) electrons. The van der Waals surface area contributed by atoms with Crippen LogP contribution in [0.5, 0.6) is 5.88 Å². The van der Waals surface area contributed by atoms with Crippen LogP contribution in [0.15, 0.2) is 67.1 Å². The van der Waals surface area contributed by atoms with Gasteiger partial charge in [0.05, 0.1) is 30.1 Å². The third-order valence-electron chi connectivity index (χ3n) is 9.47. The lowest BCUT2D eigenvalue weighted by Crippen LogP contribution is -2.64. The molecule has 3 aromatic heterocycles. The van der Waals surface area contributed by atoms with Gasteiger partial charge in [0.15, 0.2) is 18.6 Å². The Hall–Kier alpha value is -4.65. The minimum Gasteiger partial charge on any atom is -0.467 e. The van der Waals surface area contributed by atoms with E-state index < -0.39 is 24.2 Å². The number of fused-ring (bicyclic) bond motifs is 2. The molecule has 0 saturated carbocycles. The summed E-state index contributed by atoms with van der Waals surface area (Å²) in [6.45, 7) is 2.05. The molecule has 8 rings (SSSR count). The van der Waals surface area contributed by atoms with Crippen LogP contribution in [-0.4, -0.2) is 74.5 Å². The first-order valence-corrected chi connectivity index (χ1v) is 16.5. The van der Waals surface area contributed by atoms with Crippen molar-refractivity contribution >= 4 is 27.8 Å². The number of aliphatic hydroxyl groups excluding tert-OH is 1. The van der Waals surface area contributed by atoms with Crippen LogP contribution in [0.1, 0.15) is 55.5 Å². The topological polar surface area (TPSA) is 121 Å². The second-order valence-electron chi connectivity index (χ2n) is 12.6. The van der Waals surface area contributed by atoms with Gasteiger partial charge in [-0.1, -0.05) is 30.3 Å². The van der Waals surface area contributed by atoms with Gasteiger partial charge in [0.25, 0.3) is 0 Å². The Labute approximate surface area is 276 Å². The average molecular weight is 654 g/mol. The third kappa shape index (κ3) is 5.84. The summed E-state index contributed by atoms with van der Waals surface area (Å²) in [6.07, 6.45) is 6.26. The molecule has 3 aliphatic rings. The van der Waals surface area contributed by atoms with E-state index in [4.69, 9.17) is 29.0 Å². The molecule has 3 fully saturated rings. The van der Waals surface area contributed by atoms with Crippen molar-refractivity contribution in [2.24, 2.45) is 0 Å². The van der Waals surface area contributed by atoms with Gasteiger partial charge in [0.2, 0.25) is 5.88 Å². The Bertz CT molecular complexity index is 1940. The van der Waals surface area contributed by atoms with Crippen LogP contribution in [0, 0.1) is 5.82 Å². The predicted octanol–water partition coefficient (Wildman–Crippen LogP) is 6.10. The van der Waals surface area contributed by atoms with E-state index in [1.807, 2.05) is 53.3 Å². The molecular weight excluding hydrogens is 617 g/mol. The summed E-state index contributed by atoms with van der Waals surface area (Å²) >= 11 is 0. The van der Waals surface area contributed by atoms with Crippen molar-refractivity contribution in [3.05, 3.63) is 84.2 Å². The molecule has 0 spiro atoms. The first kappa shape index (κ1) is 30.7. The maximum absolute atomic E-state index is 14.7. The Kier molecular flexibility index (Phi) is 8.37. The van der Waals surface area contributed by atoms with Gasteiger partial charge in [-0.25, -0.2) is 18.9 Å². The Morgan fingerprint density at radius 3 is 2.62 bits per heavy atom. The van der Waals surface area contributed by atoms with Crippen molar-refractivity contribution in [3.8, 4) is 17.0 Å². The van der Waals surface area contributed by atoms with E-state index in [1.54, 1.807) is 6.20 Å². The van der Waals surface area contributed by atoms with Crippen LogP contribution in [0.2, 0.25) is 0 Å². The van der Waals surface area contributed by atoms with Crippen LogP contribution in [-0.2, 0) is 20.8 Å². The van der Waals surface area contributed by atoms with Gasteiger partial charge < -0.3 is 24.1 Å². The molecule has 3 aliphatic heterocycles. The van der Waals surface area contributed by atoms with Gasteiger partial charge >= 0.3 is 6.09 Å². The van der Waals surface area contributed by atoms with Crippen molar-refractivity contribution in [1.82, 2.24) is 24.6 Å². The average Bonchev–Trinajstić information content (AvgIpc) is 3.55. The van der Waals surface area contributed by atoms with Crippen molar-refractivity contribution < 1.29 is 33.2 Å². The number of halogens is 1. The fourth-order valence-electron chi connectivity index (χ4n) is 6.88. The smallest absolute Gasteiger partial charge is 0.412 e. The fraction of sp³-hybridized carbons (Fsp3) is 0.389. The molecule has 5 aromatic rings. The van der Waals surface area contributed by atoms with E-state index in [1.165, 1.54) is 17.2 Å². The van der Waals surface area contributed by atoms with Crippen molar-refractivity contribution in [1.29, 1.82) is 0 Å². The molecule has 1 amide bonds. The number of hydrogen-bond acceptors (Lipinski definition) is 9. The number of likely N-dealkylation sites (tertiary alicyclic amines) is 1. The molecule has 48 heavy (non-hydrogen) atoms. The first-order valence-electron chi connectivity index (χ1n) is 16.5. The van der Waals surface area contributed by atoms with Gasteiger partial charge in [-0.2, -0.15) is 5.10 Å². The van der Waals surface area contributed by atoms with Crippen molar-refractivity contribution in [2.45, 2.75) is 63.2 Å². The summed E-state index contributed by atoms with van der Waals surface area (Å²) in [5.41, 5.74) is 3.84. The second-order valence-corrected chi connectivity index (χ2v) is 12.6. The molecule has 0 aliphatic carbocycles. The quantitative estimate of drug-likeness (QED) is 0.222. The monoisotopic (exact) mass is 653 g/mol. The van der Waals surface area contributed by atoms with Crippen molar-refractivity contribution in [2.75, 3.05) is 26.4 Å². The molecule has 3 unspecified atom stereocenters. The summed E-state index contributed by atoms with van der Waals surface area (Å²) in [5, 5.41) is 18.2. The summed E-state index contributed by atoms with van der Waals surface area (Å²) in [5.74, 6) is -0.104. The molecule has 3 atom stereocenters. The molecule has 12 heteroatoms. The highest BCUT2D eigenvalue weighted by Gasteiger charge is 2.44. The van der Waals surface area contributed by atoms with E-state index in [9.17, 15) is 14.3 Å². The minimum absolute atomic E-state index is 0.0219. The van der Waals surface area contributed by atoms with Crippen LogP contribution < -0.4 is 4.74 Å². The summed E-state index contributed by atoms with van der Waals surface area (Å²) in [6, 6.07) is 14.9. The molecule has 248 valence electrons. The third-order valence-corrected chi connectivity index (χ3v) is 9.47. The second kappa shape index (κ2) is 13.1. The summed E-state index contributed by atoms with van der Waals surface area (Å²) < 4.78 is 40.2. The number of ether oxygens (including phenoxy) is 4. The van der Waals surface area contributed by atoms with Gasteiger partial charge in [0, 0.05) is 53.8 Å². The maximum Gasteiger partial charge on any atom is 0.412 e. The number of hydrogen-bond donors (Lipinski definition) is 1. The highest BCUT2D eigenvalue weighted by Crippen LogP contribution is 2.44. The summed E-state index contributed by atoms with van der Waals surface area (Å²) in [4.78, 5) is 23.3. The minimum atomic E-state index is -1.23. The lowest BCUT2D eigenvalue weighted by atomic mass is 9.87. The number of aliphatic hydroxyl groups is 1. The van der Waals surface area contributed by atoms with Gasteiger partial charge in [-0.15, -0.1) is 0 Å². The predicted molar refractivity (Wildman–Crippen MR) is 174 cm³/mol. The largest absolute Gasteiger partial charge is 0.467 e. The van der Waals surface area contributed by atoms with Gasteiger partial charge in [0.1, 0.15) is 12.4 Å². The van der Waals surface area contributed by atoms with Crippen LogP contribution in [0.3, 0.4) is 0 Å². The number of carbonyl (C=O) groups is 1. The maximum atomic E-state index is 14.7.